The van der Waals surface area contributed by atoms with Crippen molar-refractivity contribution in [2.24, 2.45) is 0 Å². The minimum absolute atomic E-state index is 0.353. The van der Waals surface area contributed by atoms with Gasteiger partial charge in [0, 0.05) is 13.1 Å². The van der Waals surface area contributed by atoms with Gasteiger partial charge in [-0.3, -0.25) is 0 Å². The number of rotatable bonds is 2. The first-order chi connectivity index (χ1) is 4.86. The van der Waals surface area contributed by atoms with Gasteiger partial charge in [0.05, 0.1) is 0 Å². The Morgan fingerprint density at radius 2 is 1.70 bits per heavy atom. The quantitative estimate of drug-likeness (QED) is 0.682. The van der Waals surface area contributed by atoms with Gasteiger partial charge in [-0.25, -0.2) is 0 Å². The predicted octanol–water partition coefficient (Wildman–Crippen LogP) is 0.984. The smallest absolute Gasteiger partial charge is 0.116 e. The SMILES string of the molecule is CSC1CNCC(SC)O1. The van der Waals surface area contributed by atoms with Gasteiger partial charge in [0.15, 0.2) is 0 Å². The summed E-state index contributed by atoms with van der Waals surface area (Å²) < 4.78 is 5.65. The van der Waals surface area contributed by atoms with Crippen molar-refractivity contribution in [1.82, 2.24) is 5.32 Å². The third-order valence-corrected chi connectivity index (χ3v) is 3.06. The maximum absolute atomic E-state index is 5.65. The minimum atomic E-state index is 0.353. The highest BCUT2D eigenvalue weighted by atomic mass is 32.2. The molecule has 1 fully saturated rings. The summed E-state index contributed by atoms with van der Waals surface area (Å²) in [6, 6.07) is 0. The van der Waals surface area contributed by atoms with Crippen LogP contribution in [0.5, 0.6) is 0 Å². The van der Waals surface area contributed by atoms with Crippen LogP contribution in [0.25, 0.3) is 0 Å². The van der Waals surface area contributed by atoms with Crippen molar-refractivity contribution in [2.75, 3.05) is 25.6 Å². The Morgan fingerprint density at radius 1 is 1.20 bits per heavy atom. The van der Waals surface area contributed by atoms with Crippen molar-refractivity contribution in [3.63, 3.8) is 0 Å². The van der Waals surface area contributed by atoms with Crippen LogP contribution in [0.2, 0.25) is 0 Å². The topological polar surface area (TPSA) is 21.3 Å². The van der Waals surface area contributed by atoms with Crippen LogP contribution in [-0.4, -0.2) is 36.5 Å². The first kappa shape index (κ1) is 8.71. The summed E-state index contributed by atoms with van der Waals surface area (Å²) in [5.74, 6) is 0. The van der Waals surface area contributed by atoms with Crippen molar-refractivity contribution >= 4 is 23.5 Å². The Labute approximate surface area is 70.5 Å². The average molecular weight is 179 g/mol. The highest BCUT2D eigenvalue weighted by Gasteiger charge is 2.19. The number of nitrogens with one attached hydrogen (secondary N) is 1. The van der Waals surface area contributed by atoms with E-state index in [0.717, 1.165) is 13.1 Å². The number of ether oxygens (including phenoxy) is 1. The van der Waals surface area contributed by atoms with Crippen molar-refractivity contribution < 1.29 is 4.74 Å². The van der Waals surface area contributed by atoms with Gasteiger partial charge in [-0.1, -0.05) is 0 Å². The molecule has 1 heterocycles. The summed E-state index contributed by atoms with van der Waals surface area (Å²) in [7, 11) is 0. The fraction of sp³-hybridized carbons (Fsp3) is 1.00. The van der Waals surface area contributed by atoms with E-state index in [9.17, 15) is 0 Å². The fourth-order valence-electron chi connectivity index (χ4n) is 0.862. The van der Waals surface area contributed by atoms with E-state index in [1.165, 1.54) is 0 Å². The number of hydrogen-bond donors (Lipinski definition) is 1. The standard InChI is InChI=1S/C6H13NOS2/c1-9-5-3-7-4-6(8-5)10-2/h5-7H,3-4H2,1-2H3. The third kappa shape index (κ3) is 2.34. The number of thioether (sulfide) groups is 2. The van der Waals surface area contributed by atoms with Gasteiger partial charge in [0.25, 0.3) is 0 Å². The molecular weight excluding hydrogens is 166 g/mol. The van der Waals surface area contributed by atoms with E-state index >= 15 is 0 Å². The fourth-order valence-corrected chi connectivity index (χ4v) is 1.99. The van der Waals surface area contributed by atoms with Gasteiger partial charge in [-0.15, -0.1) is 23.5 Å². The van der Waals surface area contributed by atoms with E-state index in [-0.39, 0.29) is 0 Å². The molecule has 2 nitrogen and oxygen atoms in total. The predicted molar refractivity (Wildman–Crippen MR) is 48.6 cm³/mol. The summed E-state index contributed by atoms with van der Waals surface area (Å²) >= 11 is 3.53. The molecule has 1 N–H and O–H groups in total. The second-order valence-corrected chi connectivity index (χ2v) is 4.12. The van der Waals surface area contributed by atoms with Crippen LogP contribution in [0.1, 0.15) is 0 Å². The minimum Gasteiger partial charge on any atom is -0.351 e. The summed E-state index contributed by atoms with van der Waals surface area (Å²) in [6.45, 7) is 1.97. The third-order valence-electron chi connectivity index (χ3n) is 1.45. The first-order valence-corrected chi connectivity index (χ1v) is 5.86. The van der Waals surface area contributed by atoms with Crippen LogP contribution >= 0.6 is 23.5 Å². The van der Waals surface area contributed by atoms with E-state index < -0.39 is 0 Å². The van der Waals surface area contributed by atoms with Gasteiger partial charge < -0.3 is 10.1 Å². The lowest BCUT2D eigenvalue weighted by Gasteiger charge is -2.28. The molecule has 1 aliphatic rings. The molecule has 10 heavy (non-hydrogen) atoms. The largest absolute Gasteiger partial charge is 0.351 e. The maximum atomic E-state index is 5.65. The molecule has 0 bridgehead atoms. The first-order valence-electron chi connectivity index (χ1n) is 3.28. The highest BCUT2D eigenvalue weighted by molar-refractivity contribution is 7.99. The molecule has 60 valence electrons. The average Bonchev–Trinajstić information content (AvgIpc) is 2.05. The lowest BCUT2D eigenvalue weighted by atomic mass is 10.5. The molecule has 0 aromatic heterocycles. The van der Waals surface area contributed by atoms with Crippen molar-refractivity contribution in [3.8, 4) is 0 Å². The molecule has 1 saturated heterocycles. The Morgan fingerprint density at radius 3 is 2.10 bits per heavy atom. The molecule has 0 aromatic rings. The lowest BCUT2D eigenvalue weighted by molar-refractivity contribution is 0.0630. The Kier molecular flexibility index (Phi) is 3.91. The molecule has 0 aliphatic carbocycles. The van der Waals surface area contributed by atoms with Crippen LogP contribution in [0, 0.1) is 0 Å². The second-order valence-electron chi connectivity index (χ2n) is 2.12. The molecule has 2 unspecified atom stereocenters. The Hall–Kier alpha value is 0.620. The molecule has 0 saturated carbocycles. The molecular formula is C6H13NOS2. The summed E-state index contributed by atoms with van der Waals surface area (Å²) in [5, 5.41) is 3.32. The number of morpholine rings is 1. The van der Waals surface area contributed by atoms with Crippen molar-refractivity contribution in [2.45, 2.75) is 10.9 Å². The van der Waals surface area contributed by atoms with Gasteiger partial charge in [0.1, 0.15) is 10.9 Å². The van der Waals surface area contributed by atoms with Crippen LogP contribution < -0.4 is 5.32 Å². The van der Waals surface area contributed by atoms with Gasteiger partial charge in [-0.2, -0.15) is 0 Å². The molecule has 0 spiro atoms. The Balaban J connectivity index is 2.25. The van der Waals surface area contributed by atoms with E-state index in [4.69, 9.17) is 4.74 Å². The van der Waals surface area contributed by atoms with Crippen LogP contribution in [0.15, 0.2) is 0 Å². The molecule has 0 amide bonds. The van der Waals surface area contributed by atoms with Crippen LogP contribution in [-0.2, 0) is 4.74 Å². The summed E-state index contributed by atoms with van der Waals surface area (Å²) in [4.78, 5) is 0. The highest BCUT2D eigenvalue weighted by Crippen LogP contribution is 2.18. The van der Waals surface area contributed by atoms with E-state index in [2.05, 4.69) is 17.8 Å². The van der Waals surface area contributed by atoms with E-state index in [1.807, 2.05) is 0 Å². The zero-order chi connectivity index (χ0) is 7.40. The maximum Gasteiger partial charge on any atom is 0.116 e. The number of hydrogen-bond acceptors (Lipinski definition) is 4. The van der Waals surface area contributed by atoms with Crippen molar-refractivity contribution in [3.05, 3.63) is 0 Å². The summed E-state index contributed by atoms with van der Waals surface area (Å²) in [5.41, 5.74) is 0.706. The van der Waals surface area contributed by atoms with E-state index in [0.29, 0.717) is 10.9 Å². The van der Waals surface area contributed by atoms with Crippen LogP contribution in [0.4, 0.5) is 0 Å². The molecule has 1 rings (SSSR count). The van der Waals surface area contributed by atoms with Gasteiger partial charge in [0.2, 0.25) is 0 Å². The molecule has 1 aliphatic heterocycles. The van der Waals surface area contributed by atoms with Gasteiger partial charge in [-0.05, 0) is 12.5 Å². The van der Waals surface area contributed by atoms with E-state index in [1.54, 1.807) is 23.5 Å². The molecule has 2 atom stereocenters. The monoisotopic (exact) mass is 179 g/mol. The molecule has 4 heteroatoms. The second kappa shape index (κ2) is 4.49. The van der Waals surface area contributed by atoms with Crippen LogP contribution in [0.3, 0.4) is 0 Å². The molecule has 0 aromatic carbocycles. The Bertz CT molecular complexity index is 91.7. The lowest BCUT2D eigenvalue weighted by Crippen LogP contribution is -2.41. The van der Waals surface area contributed by atoms with Crippen molar-refractivity contribution in [1.29, 1.82) is 0 Å². The normalized spacial score (nSPS) is 34.2. The molecule has 0 radical (unpaired) electrons. The van der Waals surface area contributed by atoms with Gasteiger partial charge >= 0.3 is 0 Å². The summed E-state index contributed by atoms with van der Waals surface area (Å²) in [6.07, 6.45) is 4.16. The zero-order valence-corrected chi connectivity index (χ0v) is 7.93. The zero-order valence-electron chi connectivity index (χ0n) is 6.29.